The van der Waals surface area contributed by atoms with Crippen molar-refractivity contribution in [1.29, 1.82) is 0 Å². The molecule has 88 valence electrons. The van der Waals surface area contributed by atoms with E-state index >= 15 is 0 Å². The van der Waals surface area contributed by atoms with Crippen molar-refractivity contribution in [3.63, 3.8) is 0 Å². The molecule has 0 aromatic carbocycles. The van der Waals surface area contributed by atoms with E-state index in [-0.39, 0.29) is 11.8 Å². The van der Waals surface area contributed by atoms with Crippen LogP contribution in [-0.4, -0.2) is 55.9 Å². The van der Waals surface area contributed by atoms with Crippen molar-refractivity contribution in [2.75, 3.05) is 25.9 Å². The van der Waals surface area contributed by atoms with Crippen molar-refractivity contribution in [3.05, 3.63) is 0 Å². The highest BCUT2D eigenvalue weighted by molar-refractivity contribution is 7.89. The molecular formula is C9H18N2O3S. The van der Waals surface area contributed by atoms with E-state index in [2.05, 4.69) is 5.32 Å². The number of aliphatic hydroxyl groups excluding tert-OH is 1. The Morgan fingerprint density at radius 1 is 1.40 bits per heavy atom. The third-order valence-electron chi connectivity index (χ3n) is 3.20. The monoisotopic (exact) mass is 234 g/mol. The summed E-state index contributed by atoms with van der Waals surface area (Å²) in [4.78, 5) is 0. The fraction of sp³-hybridized carbons (Fsp3) is 1.00. The van der Waals surface area contributed by atoms with Gasteiger partial charge in [0.05, 0.1) is 17.9 Å². The van der Waals surface area contributed by atoms with E-state index in [0.717, 1.165) is 12.8 Å². The highest BCUT2D eigenvalue weighted by Gasteiger charge is 2.37. The lowest BCUT2D eigenvalue weighted by molar-refractivity contribution is 0.136. The second-order valence-electron chi connectivity index (χ2n) is 4.53. The van der Waals surface area contributed by atoms with Crippen molar-refractivity contribution >= 4 is 10.0 Å². The van der Waals surface area contributed by atoms with Gasteiger partial charge in [-0.1, -0.05) is 0 Å². The first-order chi connectivity index (χ1) is 7.00. The number of hydrogen-bond donors (Lipinski definition) is 2. The van der Waals surface area contributed by atoms with Gasteiger partial charge >= 0.3 is 0 Å². The molecule has 2 rings (SSSR count). The lowest BCUT2D eigenvalue weighted by Crippen LogP contribution is -2.45. The minimum atomic E-state index is -3.18. The summed E-state index contributed by atoms with van der Waals surface area (Å²) >= 11 is 0. The molecular weight excluding hydrogens is 216 g/mol. The predicted octanol–water partition coefficient (Wildman–Crippen LogP) is -1.01. The third-order valence-corrected chi connectivity index (χ3v) is 5.24. The van der Waals surface area contributed by atoms with E-state index < -0.39 is 16.1 Å². The standard InChI is InChI=1S/C9H18N2O3S/c1-11(8-4-10-5-9(8)12)15(13,14)6-7-2-3-7/h7-10,12H,2-6H2,1H3/t8-,9-/m1/s1. The predicted molar refractivity (Wildman–Crippen MR) is 56.9 cm³/mol. The SMILES string of the molecule is CN([C@@H]1CNC[C@H]1O)S(=O)(=O)CC1CC1. The number of β-amino-alcohol motifs (C(OH)–C–C–N with tert-alkyl or cyclic N) is 1. The molecule has 1 saturated carbocycles. The van der Waals surface area contributed by atoms with Gasteiger partial charge in [-0.15, -0.1) is 0 Å². The van der Waals surface area contributed by atoms with Gasteiger partial charge in [-0.05, 0) is 18.8 Å². The van der Waals surface area contributed by atoms with Crippen molar-refractivity contribution in [2.24, 2.45) is 5.92 Å². The molecule has 0 unspecified atom stereocenters. The molecule has 2 atom stereocenters. The average molecular weight is 234 g/mol. The van der Waals surface area contributed by atoms with Gasteiger partial charge in [-0.2, -0.15) is 4.31 Å². The van der Waals surface area contributed by atoms with Gasteiger partial charge in [0.15, 0.2) is 0 Å². The van der Waals surface area contributed by atoms with Crippen LogP contribution in [0.1, 0.15) is 12.8 Å². The minimum absolute atomic E-state index is 0.243. The number of sulfonamides is 1. The molecule has 1 saturated heterocycles. The maximum atomic E-state index is 11.9. The summed E-state index contributed by atoms with van der Waals surface area (Å²) in [6.07, 6.45) is 1.47. The average Bonchev–Trinajstić information content (AvgIpc) is 2.84. The maximum Gasteiger partial charge on any atom is 0.214 e. The van der Waals surface area contributed by atoms with E-state index in [1.165, 1.54) is 4.31 Å². The first kappa shape index (κ1) is 11.3. The summed E-state index contributed by atoms with van der Waals surface area (Å²) < 4.78 is 25.1. The summed E-state index contributed by atoms with van der Waals surface area (Å²) in [6.45, 7) is 1.02. The quantitative estimate of drug-likeness (QED) is 0.654. The molecule has 1 aliphatic carbocycles. The van der Waals surface area contributed by atoms with Crippen LogP contribution in [0.25, 0.3) is 0 Å². The number of likely N-dealkylation sites (N-methyl/N-ethyl adjacent to an activating group) is 1. The van der Waals surface area contributed by atoms with E-state index in [4.69, 9.17) is 0 Å². The van der Waals surface area contributed by atoms with Crippen molar-refractivity contribution in [3.8, 4) is 0 Å². The summed E-state index contributed by atoms with van der Waals surface area (Å²) in [5, 5.41) is 12.6. The lowest BCUT2D eigenvalue weighted by atomic mass is 10.2. The van der Waals surface area contributed by atoms with Gasteiger partial charge in [-0.3, -0.25) is 0 Å². The smallest absolute Gasteiger partial charge is 0.214 e. The molecule has 15 heavy (non-hydrogen) atoms. The van der Waals surface area contributed by atoms with E-state index in [1.54, 1.807) is 7.05 Å². The van der Waals surface area contributed by atoms with Crippen molar-refractivity contribution < 1.29 is 13.5 Å². The maximum absolute atomic E-state index is 11.9. The molecule has 0 bridgehead atoms. The molecule has 2 fully saturated rings. The number of nitrogens with zero attached hydrogens (tertiary/aromatic N) is 1. The Morgan fingerprint density at radius 3 is 2.53 bits per heavy atom. The molecule has 1 heterocycles. The molecule has 0 aromatic rings. The van der Waals surface area contributed by atoms with Gasteiger partial charge < -0.3 is 10.4 Å². The van der Waals surface area contributed by atoms with Gasteiger partial charge in [0.1, 0.15) is 0 Å². The number of aliphatic hydroxyl groups is 1. The van der Waals surface area contributed by atoms with Crippen molar-refractivity contribution in [1.82, 2.24) is 9.62 Å². The fourth-order valence-electron chi connectivity index (χ4n) is 1.93. The number of nitrogens with one attached hydrogen (secondary N) is 1. The van der Waals surface area contributed by atoms with Crippen LogP contribution in [0.4, 0.5) is 0 Å². The zero-order valence-corrected chi connectivity index (χ0v) is 9.70. The highest BCUT2D eigenvalue weighted by Crippen LogP contribution is 2.31. The molecule has 2 N–H and O–H groups in total. The highest BCUT2D eigenvalue weighted by atomic mass is 32.2. The fourth-order valence-corrected chi connectivity index (χ4v) is 3.72. The third kappa shape index (κ3) is 2.50. The minimum Gasteiger partial charge on any atom is -0.390 e. The van der Waals surface area contributed by atoms with E-state index in [9.17, 15) is 13.5 Å². The van der Waals surface area contributed by atoms with Gasteiger partial charge in [-0.25, -0.2) is 8.42 Å². The molecule has 0 amide bonds. The van der Waals surface area contributed by atoms with Gasteiger partial charge in [0, 0.05) is 20.1 Å². The second-order valence-corrected chi connectivity index (χ2v) is 6.60. The van der Waals surface area contributed by atoms with Crippen LogP contribution >= 0.6 is 0 Å². The normalized spacial score (nSPS) is 32.5. The van der Waals surface area contributed by atoms with Crippen molar-refractivity contribution in [2.45, 2.75) is 25.0 Å². The summed E-state index contributed by atoms with van der Waals surface area (Å²) in [7, 11) is -1.61. The van der Waals surface area contributed by atoms with Crippen LogP contribution in [0.5, 0.6) is 0 Å². The Kier molecular flexibility index (Phi) is 3.03. The van der Waals surface area contributed by atoms with Crippen LogP contribution in [0, 0.1) is 5.92 Å². The lowest BCUT2D eigenvalue weighted by Gasteiger charge is -2.25. The Balaban J connectivity index is 2.01. The first-order valence-corrected chi connectivity index (χ1v) is 6.96. The Bertz CT molecular complexity index is 326. The summed E-state index contributed by atoms with van der Waals surface area (Å²) in [5.41, 5.74) is 0. The zero-order valence-electron chi connectivity index (χ0n) is 8.89. The Morgan fingerprint density at radius 2 is 2.07 bits per heavy atom. The topological polar surface area (TPSA) is 69.6 Å². The first-order valence-electron chi connectivity index (χ1n) is 5.35. The van der Waals surface area contributed by atoms with Crippen LogP contribution < -0.4 is 5.32 Å². The summed E-state index contributed by atoms with van der Waals surface area (Å²) in [6, 6.07) is -0.297. The molecule has 1 aliphatic heterocycles. The molecule has 0 spiro atoms. The molecule has 0 radical (unpaired) electrons. The Labute approximate surface area is 90.5 Å². The van der Waals surface area contributed by atoms with Crippen LogP contribution in [0.2, 0.25) is 0 Å². The van der Waals surface area contributed by atoms with Gasteiger partial charge in [0.2, 0.25) is 10.0 Å². The number of hydrogen-bond acceptors (Lipinski definition) is 4. The molecule has 2 aliphatic rings. The molecule has 6 heteroatoms. The largest absolute Gasteiger partial charge is 0.390 e. The zero-order chi connectivity index (χ0) is 11.1. The summed E-state index contributed by atoms with van der Waals surface area (Å²) in [5.74, 6) is 0.594. The molecule has 0 aromatic heterocycles. The van der Waals surface area contributed by atoms with Crippen LogP contribution in [-0.2, 0) is 10.0 Å². The Hall–Kier alpha value is -0.170. The van der Waals surface area contributed by atoms with Gasteiger partial charge in [0.25, 0.3) is 0 Å². The van der Waals surface area contributed by atoms with Crippen LogP contribution in [0.15, 0.2) is 0 Å². The molecule has 5 nitrogen and oxygen atoms in total. The number of rotatable bonds is 4. The van der Waals surface area contributed by atoms with E-state index in [1.807, 2.05) is 0 Å². The van der Waals surface area contributed by atoms with Crippen LogP contribution in [0.3, 0.4) is 0 Å². The van der Waals surface area contributed by atoms with E-state index in [0.29, 0.717) is 19.0 Å². The second kappa shape index (κ2) is 4.01.